The molecule has 0 aliphatic carbocycles. The number of anilines is 1. The molecule has 1 heterocycles. The highest BCUT2D eigenvalue weighted by molar-refractivity contribution is 5.38. The molecule has 0 bridgehead atoms. The monoisotopic (exact) mass is 211 g/mol. The minimum absolute atomic E-state index is 0.0119. The number of aliphatic hydroxyl groups excluding tert-OH is 1. The van der Waals surface area contributed by atoms with Gasteiger partial charge in [0, 0.05) is 19.0 Å². The smallest absolute Gasteiger partial charge is 0.218 e. The van der Waals surface area contributed by atoms with Gasteiger partial charge in [0.1, 0.15) is 18.2 Å². The Balaban J connectivity index is 2.79. The summed E-state index contributed by atoms with van der Waals surface area (Å²) >= 11 is 0. The molecular formula is C10H17N3O2. The highest BCUT2D eigenvalue weighted by atomic mass is 16.5. The number of rotatable bonds is 6. The summed E-state index contributed by atoms with van der Waals surface area (Å²) in [6, 6.07) is 1.73. The molecule has 84 valence electrons. The number of nitrogens with zero attached hydrogens (tertiary/aromatic N) is 2. The molecule has 0 aliphatic heterocycles. The molecule has 0 saturated heterocycles. The van der Waals surface area contributed by atoms with Crippen molar-refractivity contribution in [1.29, 1.82) is 0 Å². The summed E-state index contributed by atoms with van der Waals surface area (Å²) in [6.45, 7) is 5.04. The summed E-state index contributed by atoms with van der Waals surface area (Å²) in [5, 5.41) is 11.7. The summed E-state index contributed by atoms with van der Waals surface area (Å²) in [5.74, 6) is 2.01. The van der Waals surface area contributed by atoms with Gasteiger partial charge in [0.15, 0.2) is 0 Å². The first kappa shape index (κ1) is 11.7. The fraction of sp³-hybridized carbons (Fsp3) is 0.600. The molecule has 0 atom stereocenters. The number of hydrogen-bond donors (Lipinski definition) is 2. The Morgan fingerprint density at radius 2 is 2.20 bits per heavy atom. The highest BCUT2D eigenvalue weighted by Crippen LogP contribution is 2.13. The van der Waals surface area contributed by atoms with E-state index in [9.17, 15) is 0 Å². The zero-order chi connectivity index (χ0) is 11.1. The maximum atomic E-state index is 8.64. The molecule has 0 unspecified atom stereocenters. The Bertz CT molecular complexity index is 305. The third kappa shape index (κ3) is 3.71. The maximum Gasteiger partial charge on any atom is 0.218 e. The van der Waals surface area contributed by atoms with E-state index >= 15 is 0 Å². The molecule has 1 rings (SSSR count). The summed E-state index contributed by atoms with van der Waals surface area (Å²) in [6.07, 6.45) is 0.759. The summed E-state index contributed by atoms with van der Waals surface area (Å²) < 4.78 is 5.24. The Morgan fingerprint density at radius 3 is 2.80 bits per heavy atom. The van der Waals surface area contributed by atoms with Crippen LogP contribution in [0.4, 0.5) is 5.82 Å². The topological polar surface area (TPSA) is 67.3 Å². The molecule has 1 aromatic rings. The molecule has 0 radical (unpaired) electrons. The van der Waals surface area contributed by atoms with Crippen molar-refractivity contribution >= 4 is 5.82 Å². The lowest BCUT2D eigenvalue weighted by atomic mass is 10.4. The summed E-state index contributed by atoms with van der Waals surface area (Å²) in [5.41, 5.74) is 0. The Morgan fingerprint density at radius 1 is 1.40 bits per heavy atom. The molecule has 0 fully saturated rings. The highest BCUT2D eigenvalue weighted by Gasteiger charge is 2.03. The molecule has 0 spiro atoms. The van der Waals surface area contributed by atoms with Gasteiger partial charge >= 0.3 is 0 Å². The van der Waals surface area contributed by atoms with Crippen LogP contribution in [-0.2, 0) is 6.42 Å². The minimum atomic E-state index is -0.0119. The van der Waals surface area contributed by atoms with Crippen LogP contribution in [0.1, 0.15) is 19.7 Å². The van der Waals surface area contributed by atoms with Gasteiger partial charge in [-0.25, -0.2) is 4.98 Å². The van der Waals surface area contributed by atoms with Crippen molar-refractivity contribution in [3.8, 4) is 5.88 Å². The standard InChI is InChI=1S/C10H17N3O2/c1-3-8-12-9(11-4-2)7-10(13-8)15-6-5-14/h7,14H,3-6H2,1-2H3,(H,11,12,13). The zero-order valence-electron chi connectivity index (χ0n) is 9.16. The average Bonchev–Trinajstić information content (AvgIpc) is 2.26. The van der Waals surface area contributed by atoms with E-state index in [0.717, 1.165) is 24.6 Å². The number of aromatic nitrogens is 2. The van der Waals surface area contributed by atoms with E-state index < -0.39 is 0 Å². The van der Waals surface area contributed by atoms with Gasteiger partial charge in [-0.15, -0.1) is 0 Å². The van der Waals surface area contributed by atoms with Crippen molar-refractivity contribution in [2.24, 2.45) is 0 Å². The molecule has 0 amide bonds. The van der Waals surface area contributed by atoms with Crippen molar-refractivity contribution < 1.29 is 9.84 Å². The van der Waals surface area contributed by atoms with Crippen LogP contribution in [0.15, 0.2) is 6.07 Å². The second-order valence-electron chi connectivity index (χ2n) is 2.96. The van der Waals surface area contributed by atoms with E-state index in [0.29, 0.717) is 5.88 Å². The van der Waals surface area contributed by atoms with Gasteiger partial charge < -0.3 is 15.2 Å². The number of hydrogen-bond acceptors (Lipinski definition) is 5. The predicted octanol–water partition coefficient (Wildman–Crippen LogP) is 0.842. The lowest BCUT2D eigenvalue weighted by Crippen LogP contribution is -2.08. The van der Waals surface area contributed by atoms with Crippen molar-refractivity contribution in [2.75, 3.05) is 25.1 Å². The van der Waals surface area contributed by atoms with E-state index in [4.69, 9.17) is 9.84 Å². The van der Waals surface area contributed by atoms with E-state index in [1.807, 2.05) is 13.8 Å². The van der Waals surface area contributed by atoms with Crippen molar-refractivity contribution in [1.82, 2.24) is 9.97 Å². The zero-order valence-corrected chi connectivity index (χ0v) is 9.16. The van der Waals surface area contributed by atoms with Crippen LogP contribution in [-0.4, -0.2) is 34.8 Å². The van der Waals surface area contributed by atoms with E-state index in [2.05, 4.69) is 15.3 Å². The van der Waals surface area contributed by atoms with Crippen molar-refractivity contribution in [3.05, 3.63) is 11.9 Å². The first-order valence-corrected chi connectivity index (χ1v) is 5.15. The largest absolute Gasteiger partial charge is 0.475 e. The van der Waals surface area contributed by atoms with E-state index in [1.165, 1.54) is 0 Å². The molecule has 0 saturated carbocycles. The van der Waals surface area contributed by atoms with Crippen LogP contribution >= 0.6 is 0 Å². The maximum absolute atomic E-state index is 8.64. The normalized spacial score (nSPS) is 10.1. The summed E-state index contributed by atoms with van der Waals surface area (Å²) in [4.78, 5) is 8.47. The Labute approximate surface area is 89.5 Å². The van der Waals surface area contributed by atoms with Crippen LogP contribution < -0.4 is 10.1 Å². The van der Waals surface area contributed by atoms with E-state index in [1.54, 1.807) is 6.07 Å². The number of nitrogens with one attached hydrogen (secondary N) is 1. The van der Waals surface area contributed by atoms with Crippen LogP contribution in [0, 0.1) is 0 Å². The molecular weight excluding hydrogens is 194 g/mol. The van der Waals surface area contributed by atoms with Gasteiger partial charge in [-0.05, 0) is 6.92 Å². The molecule has 2 N–H and O–H groups in total. The van der Waals surface area contributed by atoms with Gasteiger partial charge in [-0.2, -0.15) is 4.98 Å². The lowest BCUT2D eigenvalue weighted by Gasteiger charge is -2.08. The van der Waals surface area contributed by atoms with Crippen LogP contribution in [0.25, 0.3) is 0 Å². The minimum Gasteiger partial charge on any atom is -0.475 e. The van der Waals surface area contributed by atoms with Crippen LogP contribution in [0.3, 0.4) is 0 Å². The number of aryl methyl sites for hydroxylation is 1. The molecule has 0 aromatic carbocycles. The number of aliphatic hydroxyl groups is 1. The second kappa shape index (κ2) is 6.19. The summed E-state index contributed by atoms with van der Waals surface area (Å²) in [7, 11) is 0. The fourth-order valence-corrected chi connectivity index (χ4v) is 1.13. The van der Waals surface area contributed by atoms with Crippen LogP contribution in [0.2, 0.25) is 0 Å². The Kier molecular flexibility index (Phi) is 4.83. The average molecular weight is 211 g/mol. The van der Waals surface area contributed by atoms with Gasteiger partial charge in [-0.1, -0.05) is 6.92 Å². The van der Waals surface area contributed by atoms with E-state index in [-0.39, 0.29) is 13.2 Å². The third-order valence-electron chi connectivity index (χ3n) is 1.76. The number of ether oxygens (including phenoxy) is 1. The quantitative estimate of drug-likeness (QED) is 0.730. The van der Waals surface area contributed by atoms with Crippen molar-refractivity contribution in [2.45, 2.75) is 20.3 Å². The first-order valence-electron chi connectivity index (χ1n) is 5.15. The van der Waals surface area contributed by atoms with Gasteiger partial charge in [-0.3, -0.25) is 0 Å². The molecule has 1 aromatic heterocycles. The molecule has 5 heteroatoms. The van der Waals surface area contributed by atoms with Gasteiger partial charge in [0.05, 0.1) is 6.61 Å². The van der Waals surface area contributed by atoms with Gasteiger partial charge in [0.25, 0.3) is 0 Å². The fourth-order valence-electron chi connectivity index (χ4n) is 1.13. The Hall–Kier alpha value is -1.36. The second-order valence-corrected chi connectivity index (χ2v) is 2.96. The SMILES string of the molecule is CCNc1cc(OCCO)nc(CC)n1. The predicted molar refractivity (Wildman–Crippen MR) is 58.2 cm³/mol. The van der Waals surface area contributed by atoms with Crippen LogP contribution in [0.5, 0.6) is 5.88 Å². The molecule has 0 aliphatic rings. The third-order valence-corrected chi connectivity index (χ3v) is 1.76. The van der Waals surface area contributed by atoms with Gasteiger partial charge in [0.2, 0.25) is 5.88 Å². The lowest BCUT2D eigenvalue weighted by molar-refractivity contribution is 0.196. The first-order chi connectivity index (χ1) is 7.30. The molecule has 5 nitrogen and oxygen atoms in total. The van der Waals surface area contributed by atoms with Crippen molar-refractivity contribution in [3.63, 3.8) is 0 Å². The molecule has 15 heavy (non-hydrogen) atoms.